The molecule has 0 amide bonds. The molecule has 0 fully saturated rings. The van der Waals surface area contributed by atoms with Gasteiger partial charge >= 0.3 is 0 Å². The van der Waals surface area contributed by atoms with Crippen molar-refractivity contribution in [2.24, 2.45) is 13.0 Å². The van der Waals surface area contributed by atoms with Crippen molar-refractivity contribution < 1.29 is 14.6 Å². The zero-order valence-electron chi connectivity index (χ0n) is 13.7. The van der Waals surface area contributed by atoms with E-state index in [4.69, 9.17) is 9.47 Å². The second kappa shape index (κ2) is 6.40. The van der Waals surface area contributed by atoms with E-state index in [1.807, 2.05) is 32.0 Å². The van der Waals surface area contributed by atoms with Crippen molar-refractivity contribution in [3.05, 3.63) is 34.1 Å². The molecule has 1 N–H and O–H groups in total. The van der Waals surface area contributed by atoms with Crippen molar-refractivity contribution in [1.29, 1.82) is 0 Å². The van der Waals surface area contributed by atoms with Crippen LogP contribution in [0, 0.1) is 5.92 Å². The lowest BCUT2D eigenvalue weighted by Crippen LogP contribution is -2.28. The van der Waals surface area contributed by atoms with Crippen molar-refractivity contribution >= 4 is 10.9 Å². The first-order valence-electron chi connectivity index (χ1n) is 7.33. The fraction of sp³-hybridized carbons (Fsp3) is 0.471. The number of aliphatic hydroxyl groups is 1. The van der Waals surface area contributed by atoms with Gasteiger partial charge in [0.1, 0.15) is 11.5 Å². The third-order valence-electron chi connectivity index (χ3n) is 4.02. The van der Waals surface area contributed by atoms with Gasteiger partial charge in [-0.1, -0.05) is 19.9 Å². The lowest BCUT2D eigenvalue weighted by Gasteiger charge is -2.19. The summed E-state index contributed by atoms with van der Waals surface area (Å²) < 4.78 is 12.4. The third kappa shape index (κ3) is 2.68. The number of hydrogen-bond donors (Lipinski definition) is 1. The molecule has 0 bridgehead atoms. The minimum Gasteiger partial charge on any atom is -0.496 e. The molecule has 0 aliphatic rings. The van der Waals surface area contributed by atoms with Gasteiger partial charge in [-0.05, 0) is 18.1 Å². The average Bonchev–Trinajstić information content (AvgIpc) is 2.51. The Morgan fingerprint density at radius 3 is 2.45 bits per heavy atom. The van der Waals surface area contributed by atoms with E-state index in [0.717, 1.165) is 5.39 Å². The standard InChI is InChI=1S/C17H23NO4/c1-10(2)13(19)9-12-16(22-5)11-7-6-8-14(21-4)15(11)18(3)17(12)20/h6-8,10,13,19H,9H2,1-5H3/t13-/m0/s1. The first-order valence-corrected chi connectivity index (χ1v) is 7.33. The Morgan fingerprint density at radius 2 is 1.91 bits per heavy atom. The first-order chi connectivity index (χ1) is 10.4. The summed E-state index contributed by atoms with van der Waals surface area (Å²) in [7, 11) is 4.82. The van der Waals surface area contributed by atoms with E-state index in [-0.39, 0.29) is 17.9 Å². The quantitative estimate of drug-likeness (QED) is 0.919. The number of ether oxygens (including phenoxy) is 2. The maximum atomic E-state index is 12.7. The summed E-state index contributed by atoms with van der Waals surface area (Å²) >= 11 is 0. The Morgan fingerprint density at radius 1 is 1.23 bits per heavy atom. The van der Waals surface area contributed by atoms with Crippen molar-refractivity contribution in [3.63, 3.8) is 0 Å². The third-order valence-corrected chi connectivity index (χ3v) is 4.02. The van der Waals surface area contributed by atoms with Gasteiger partial charge in [0.05, 0.1) is 31.4 Å². The molecule has 1 aromatic heterocycles. The zero-order valence-corrected chi connectivity index (χ0v) is 13.7. The molecule has 0 aliphatic heterocycles. The van der Waals surface area contributed by atoms with Crippen molar-refractivity contribution in [2.75, 3.05) is 14.2 Å². The molecule has 1 heterocycles. The number of rotatable bonds is 5. The summed E-state index contributed by atoms with van der Waals surface area (Å²) in [5.41, 5.74) is 1.01. The summed E-state index contributed by atoms with van der Waals surface area (Å²) in [5.74, 6) is 1.19. The highest BCUT2D eigenvalue weighted by atomic mass is 16.5. The van der Waals surface area contributed by atoms with Crippen LogP contribution in [0.25, 0.3) is 10.9 Å². The number of pyridine rings is 1. The summed E-state index contributed by atoms with van der Waals surface area (Å²) in [6, 6.07) is 5.56. The van der Waals surface area contributed by atoms with Gasteiger partial charge in [0, 0.05) is 18.9 Å². The van der Waals surface area contributed by atoms with Gasteiger partial charge in [0.25, 0.3) is 5.56 Å². The number of para-hydroxylation sites is 1. The summed E-state index contributed by atoms with van der Waals surface area (Å²) in [6.07, 6.45) is -0.328. The number of aromatic nitrogens is 1. The fourth-order valence-electron chi connectivity index (χ4n) is 2.64. The molecule has 1 aromatic carbocycles. The van der Waals surface area contributed by atoms with Gasteiger partial charge in [0.2, 0.25) is 0 Å². The van der Waals surface area contributed by atoms with E-state index in [0.29, 0.717) is 22.6 Å². The first kappa shape index (κ1) is 16.4. The minimum atomic E-state index is -0.593. The largest absolute Gasteiger partial charge is 0.496 e. The predicted octanol–water partition coefficient (Wildman–Crippen LogP) is 2.12. The van der Waals surface area contributed by atoms with Gasteiger partial charge in [-0.2, -0.15) is 0 Å². The molecule has 5 nitrogen and oxygen atoms in total. The van der Waals surface area contributed by atoms with Crippen LogP contribution in [-0.4, -0.2) is 30.0 Å². The van der Waals surface area contributed by atoms with Crippen molar-refractivity contribution in [2.45, 2.75) is 26.4 Å². The van der Waals surface area contributed by atoms with E-state index in [2.05, 4.69) is 0 Å². The Bertz CT molecular complexity index is 733. The topological polar surface area (TPSA) is 60.7 Å². The smallest absolute Gasteiger partial charge is 0.257 e. The molecule has 0 spiro atoms. The Balaban J connectivity index is 2.78. The highest BCUT2D eigenvalue weighted by Gasteiger charge is 2.21. The van der Waals surface area contributed by atoms with Gasteiger partial charge in [-0.25, -0.2) is 0 Å². The maximum Gasteiger partial charge on any atom is 0.257 e. The van der Waals surface area contributed by atoms with Crippen LogP contribution in [0.3, 0.4) is 0 Å². The number of hydrogen-bond acceptors (Lipinski definition) is 4. The summed E-state index contributed by atoms with van der Waals surface area (Å²) in [6.45, 7) is 3.84. The molecular weight excluding hydrogens is 282 g/mol. The van der Waals surface area contributed by atoms with Crippen LogP contribution < -0.4 is 15.0 Å². The number of methoxy groups -OCH3 is 2. The number of aryl methyl sites for hydroxylation is 1. The number of benzene rings is 1. The number of aliphatic hydroxyl groups excluding tert-OH is 1. The van der Waals surface area contributed by atoms with Gasteiger partial charge in [0.15, 0.2) is 0 Å². The lowest BCUT2D eigenvalue weighted by molar-refractivity contribution is 0.124. The molecule has 120 valence electrons. The molecule has 1 atom stereocenters. The van der Waals surface area contributed by atoms with E-state index < -0.39 is 6.10 Å². The SMILES string of the molecule is COc1c(C[C@H](O)C(C)C)c(=O)n(C)c2c(OC)cccc12. The number of nitrogens with zero attached hydrogens (tertiary/aromatic N) is 1. The summed E-state index contributed by atoms with van der Waals surface area (Å²) in [5, 5.41) is 11.0. The van der Waals surface area contributed by atoms with Crippen LogP contribution in [0.4, 0.5) is 0 Å². The average molecular weight is 305 g/mol. The van der Waals surface area contributed by atoms with E-state index in [1.165, 1.54) is 0 Å². The molecule has 5 heteroatoms. The molecule has 0 saturated heterocycles. The maximum absolute atomic E-state index is 12.7. The highest BCUT2D eigenvalue weighted by molar-refractivity contribution is 5.91. The van der Waals surface area contributed by atoms with Gasteiger partial charge < -0.3 is 19.1 Å². The van der Waals surface area contributed by atoms with Gasteiger partial charge in [-0.3, -0.25) is 4.79 Å². The molecule has 0 aliphatic carbocycles. The molecule has 0 radical (unpaired) electrons. The van der Waals surface area contributed by atoms with Crippen LogP contribution >= 0.6 is 0 Å². The van der Waals surface area contributed by atoms with E-state index in [9.17, 15) is 9.90 Å². The Kier molecular flexibility index (Phi) is 4.76. The van der Waals surface area contributed by atoms with Crippen LogP contribution in [0.2, 0.25) is 0 Å². The summed E-state index contributed by atoms with van der Waals surface area (Å²) in [4.78, 5) is 12.7. The minimum absolute atomic E-state index is 0.0652. The van der Waals surface area contributed by atoms with E-state index >= 15 is 0 Å². The Labute approximate surface area is 130 Å². The molecule has 2 rings (SSSR count). The Hall–Kier alpha value is -2.01. The molecule has 0 unspecified atom stereocenters. The van der Waals surface area contributed by atoms with Crippen LogP contribution in [-0.2, 0) is 13.5 Å². The zero-order chi connectivity index (χ0) is 16.4. The molecule has 2 aromatic rings. The van der Waals surface area contributed by atoms with Crippen molar-refractivity contribution in [3.8, 4) is 11.5 Å². The normalized spacial score (nSPS) is 12.7. The second-order valence-electron chi connectivity index (χ2n) is 5.75. The number of fused-ring (bicyclic) bond motifs is 1. The van der Waals surface area contributed by atoms with Crippen molar-refractivity contribution in [1.82, 2.24) is 4.57 Å². The second-order valence-corrected chi connectivity index (χ2v) is 5.75. The van der Waals surface area contributed by atoms with Crippen LogP contribution in [0.1, 0.15) is 19.4 Å². The molecular formula is C17H23NO4. The molecule has 22 heavy (non-hydrogen) atoms. The van der Waals surface area contributed by atoms with Crippen LogP contribution in [0.15, 0.2) is 23.0 Å². The monoisotopic (exact) mass is 305 g/mol. The lowest BCUT2D eigenvalue weighted by atomic mass is 9.98. The fourth-order valence-corrected chi connectivity index (χ4v) is 2.64. The van der Waals surface area contributed by atoms with Crippen LogP contribution in [0.5, 0.6) is 11.5 Å². The van der Waals surface area contributed by atoms with Gasteiger partial charge in [-0.15, -0.1) is 0 Å². The predicted molar refractivity (Wildman–Crippen MR) is 86.8 cm³/mol. The van der Waals surface area contributed by atoms with E-state index in [1.54, 1.807) is 25.8 Å². The molecule has 0 saturated carbocycles. The highest BCUT2D eigenvalue weighted by Crippen LogP contribution is 2.33.